The Morgan fingerprint density at radius 2 is 2.26 bits per heavy atom. The van der Waals surface area contributed by atoms with Crippen molar-refractivity contribution in [2.75, 3.05) is 0 Å². The van der Waals surface area contributed by atoms with Gasteiger partial charge < -0.3 is 4.42 Å². The summed E-state index contributed by atoms with van der Waals surface area (Å²) >= 11 is 6.06. The number of furan rings is 1. The van der Waals surface area contributed by atoms with E-state index in [1.165, 1.54) is 0 Å². The maximum Gasteiger partial charge on any atom is 0.223 e. The second kappa shape index (κ2) is 4.86. The van der Waals surface area contributed by atoms with Crippen molar-refractivity contribution in [3.8, 4) is 0 Å². The van der Waals surface area contributed by atoms with Gasteiger partial charge in [-0.05, 0) is 42.9 Å². The Balaban J connectivity index is 1.96. The van der Waals surface area contributed by atoms with E-state index in [-0.39, 0.29) is 5.78 Å². The van der Waals surface area contributed by atoms with E-state index in [0.29, 0.717) is 22.3 Å². The molecule has 0 bridgehead atoms. The van der Waals surface area contributed by atoms with E-state index in [2.05, 4.69) is 6.92 Å². The lowest BCUT2D eigenvalue weighted by Gasteiger charge is -2.16. The maximum atomic E-state index is 12.4. The molecule has 0 radical (unpaired) electrons. The normalized spacial score (nSPS) is 19.5. The number of carbonyl (C=O) groups is 1. The van der Waals surface area contributed by atoms with Gasteiger partial charge in [-0.2, -0.15) is 0 Å². The van der Waals surface area contributed by atoms with Gasteiger partial charge in [0.25, 0.3) is 0 Å². The summed E-state index contributed by atoms with van der Waals surface area (Å²) < 4.78 is 5.62. The molecule has 0 saturated heterocycles. The first-order valence-corrected chi connectivity index (χ1v) is 6.95. The third kappa shape index (κ3) is 2.33. The van der Waals surface area contributed by atoms with Gasteiger partial charge in [-0.15, -0.1) is 0 Å². The summed E-state index contributed by atoms with van der Waals surface area (Å²) in [7, 11) is 0. The van der Waals surface area contributed by atoms with Crippen LogP contribution in [-0.4, -0.2) is 5.78 Å². The highest BCUT2D eigenvalue weighted by molar-refractivity contribution is 6.35. The Hall–Kier alpha value is -1.54. The summed E-state index contributed by atoms with van der Waals surface area (Å²) in [5.41, 5.74) is 1.46. The molecule has 1 heterocycles. The third-order valence-corrected chi connectivity index (χ3v) is 3.98. The number of hydrogen-bond donors (Lipinski definition) is 0. The highest BCUT2D eigenvalue weighted by atomic mass is 35.5. The number of para-hydroxylation sites is 1. The van der Waals surface area contributed by atoms with Gasteiger partial charge in [0, 0.05) is 5.39 Å². The molecule has 0 aliphatic heterocycles. The van der Waals surface area contributed by atoms with E-state index in [1.807, 2.05) is 18.2 Å². The number of rotatable bonds is 2. The molecule has 0 spiro atoms. The zero-order chi connectivity index (χ0) is 13.4. The van der Waals surface area contributed by atoms with E-state index >= 15 is 0 Å². The fourth-order valence-corrected chi connectivity index (χ4v) is 2.69. The molecule has 3 heteroatoms. The van der Waals surface area contributed by atoms with E-state index < -0.39 is 0 Å². The van der Waals surface area contributed by atoms with Gasteiger partial charge in [-0.3, -0.25) is 4.79 Å². The predicted octanol–water partition coefficient (Wildman–Crippen LogP) is 5.02. The molecule has 1 aromatic carbocycles. The molecule has 1 aliphatic rings. The van der Waals surface area contributed by atoms with Crippen LogP contribution in [0.4, 0.5) is 0 Å². The Morgan fingerprint density at radius 3 is 2.95 bits per heavy atom. The summed E-state index contributed by atoms with van der Waals surface area (Å²) in [6.45, 7) is 2.21. The number of ketones is 1. The quantitative estimate of drug-likeness (QED) is 0.720. The number of allylic oxidation sites excluding steroid dienone is 2. The number of hydrogen-bond acceptors (Lipinski definition) is 2. The topological polar surface area (TPSA) is 30.2 Å². The van der Waals surface area contributed by atoms with Crippen LogP contribution < -0.4 is 0 Å². The van der Waals surface area contributed by atoms with Crippen LogP contribution in [0.25, 0.3) is 11.0 Å². The average molecular weight is 275 g/mol. The molecule has 19 heavy (non-hydrogen) atoms. The first-order chi connectivity index (χ1) is 9.15. The minimum atomic E-state index is -0.000772. The Kier molecular flexibility index (Phi) is 3.19. The van der Waals surface area contributed by atoms with Gasteiger partial charge in [0.1, 0.15) is 0 Å². The van der Waals surface area contributed by atoms with Crippen molar-refractivity contribution in [2.24, 2.45) is 5.92 Å². The van der Waals surface area contributed by atoms with E-state index in [1.54, 1.807) is 12.1 Å². The molecule has 98 valence electrons. The number of halogens is 1. The Labute approximate surface area is 117 Å². The second-order valence-electron chi connectivity index (χ2n) is 5.21. The van der Waals surface area contributed by atoms with Gasteiger partial charge in [0.15, 0.2) is 11.3 Å². The molecule has 3 rings (SSSR count). The SMILES string of the molecule is CC1CC=C(C(=O)c2cc3cccc(Cl)c3o2)CC1. The van der Waals surface area contributed by atoms with Crippen molar-refractivity contribution < 1.29 is 9.21 Å². The lowest BCUT2D eigenvalue weighted by molar-refractivity contribution is 0.0999. The van der Waals surface area contributed by atoms with E-state index in [0.717, 1.165) is 30.2 Å². The van der Waals surface area contributed by atoms with Crippen LogP contribution >= 0.6 is 11.6 Å². The van der Waals surface area contributed by atoms with Crippen molar-refractivity contribution in [1.29, 1.82) is 0 Å². The second-order valence-corrected chi connectivity index (χ2v) is 5.61. The first-order valence-electron chi connectivity index (χ1n) is 6.57. The number of carbonyl (C=O) groups excluding carboxylic acids is 1. The molecular weight excluding hydrogens is 260 g/mol. The van der Waals surface area contributed by atoms with Crippen molar-refractivity contribution in [1.82, 2.24) is 0 Å². The summed E-state index contributed by atoms with van der Waals surface area (Å²) in [5.74, 6) is 1.06. The Morgan fingerprint density at radius 1 is 1.42 bits per heavy atom. The van der Waals surface area contributed by atoms with Crippen LogP contribution in [-0.2, 0) is 0 Å². The molecule has 0 amide bonds. The molecule has 1 aliphatic carbocycles. The summed E-state index contributed by atoms with van der Waals surface area (Å²) in [6, 6.07) is 7.31. The zero-order valence-electron chi connectivity index (χ0n) is 10.8. The highest BCUT2D eigenvalue weighted by Crippen LogP contribution is 2.30. The summed E-state index contributed by atoms with van der Waals surface area (Å²) in [5, 5.41) is 1.42. The zero-order valence-corrected chi connectivity index (χ0v) is 11.5. The number of fused-ring (bicyclic) bond motifs is 1. The maximum absolute atomic E-state index is 12.4. The largest absolute Gasteiger partial charge is 0.451 e. The van der Waals surface area contributed by atoms with Crippen LogP contribution in [0.15, 0.2) is 40.3 Å². The number of Topliss-reactive ketones (excluding diaryl/α,β-unsaturated/α-hetero) is 1. The van der Waals surface area contributed by atoms with Crippen molar-refractivity contribution >= 4 is 28.4 Å². The smallest absolute Gasteiger partial charge is 0.223 e. The molecular formula is C16H15ClO2. The van der Waals surface area contributed by atoms with Crippen molar-refractivity contribution in [2.45, 2.75) is 26.2 Å². The fourth-order valence-electron chi connectivity index (χ4n) is 2.47. The fraction of sp³-hybridized carbons (Fsp3) is 0.312. The lowest BCUT2D eigenvalue weighted by Crippen LogP contribution is -2.09. The number of benzene rings is 1. The monoisotopic (exact) mass is 274 g/mol. The third-order valence-electron chi connectivity index (χ3n) is 3.68. The van der Waals surface area contributed by atoms with Crippen molar-refractivity contribution in [3.05, 3.63) is 46.7 Å². The minimum absolute atomic E-state index is 0.000772. The standard InChI is InChI=1S/C16H15ClO2/c1-10-5-7-11(8-6-10)15(18)14-9-12-3-2-4-13(17)16(12)19-14/h2-4,7,9-10H,5-6,8H2,1H3. The molecule has 1 unspecified atom stereocenters. The van der Waals surface area contributed by atoms with Crippen molar-refractivity contribution in [3.63, 3.8) is 0 Å². The molecule has 0 saturated carbocycles. The minimum Gasteiger partial charge on any atom is -0.451 e. The molecule has 2 nitrogen and oxygen atoms in total. The van der Waals surface area contributed by atoms with E-state index in [9.17, 15) is 4.79 Å². The molecule has 1 aromatic heterocycles. The average Bonchev–Trinajstić information content (AvgIpc) is 2.84. The van der Waals surface area contributed by atoms with Gasteiger partial charge in [-0.1, -0.05) is 36.7 Å². The van der Waals surface area contributed by atoms with Gasteiger partial charge in [-0.25, -0.2) is 0 Å². The molecule has 0 fully saturated rings. The van der Waals surface area contributed by atoms with Crippen LogP contribution in [0.2, 0.25) is 5.02 Å². The van der Waals surface area contributed by atoms with Gasteiger partial charge in [0.05, 0.1) is 5.02 Å². The summed E-state index contributed by atoms with van der Waals surface area (Å²) in [6.07, 6.45) is 4.93. The van der Waals surface area contributed by atoms with Gasteiger partial charge in [0.2, 0.25) is 5.78 Å². The van der Waals surface area contributed by atoms with E-state index in [4.69, 9.17) is 16.0 Å². The van der Waals surface area contributed by atoms with Crippen LogP contribution in [0.5, 0.6) is 0 Å². The lowest BCUT2D eigenvalue weighted by atomic mass is 9.89. The first kappa shape index (κ1) is 12.5. The van der Waals surface area contributed by atoms with Crippen LogP contribution in [0, 0.1) is 5.92 Å². The summed E-state index contributed by atoms with van der Waals surface area (Å²) in [4.78, 5) is 12.4. The van der Waals surface area contributed by atoms with Crippen LogP contribution in [0.1, 0.15) is 36.7 Å². The Bertz CT molecular complexity index is 666. The molecule has 0 N–H and O–H groups in total. The predicted molar refractivity (Wildman–Crippen MR) is 76.7 cm³/mol. The van der Waals surface area contributed by atoms with Gasteiger partial charge >= 0.3 is 0 Å². The molecule has 1 atom stereocenters. The van der Waals surface area contributed by atoms with Crippen LogP contribution in [0.3, 0.4) is 0 Å². The highest BCUT2D eigenvalue weighted by Gasteiger charge is 2.21. The molecule has 2 aromatic rings.